The van der Waals surface area contributed by atoms with Crippen LogP contribution in [0.5, 0.6) is 0 Å². The molecule has 0 radical (unpaired) electrons. The predicted molar refractivity (Wildman–Crippen MR) is 96.4 cm³/mol. The van der Waals surface area contributed by atoms with Gasteiger partial charge in [0.2, 0.25) is 5.91 Å². The summed E-state index contributed by atoms with van der Waals surface area (Å²) in [5.41, 5.74) is 7.89. The summed E-state index contributed by atoms with van der Waals surface area (Å²) in [6.07, 6.45) is -0.735. The molecule has 0 fully saturated rings. The van der Waals surface area contributed by atoms with Gasteiger partial charge in [0.25, 0.3) is 0 Å². The largest absolute Gasteiger partial charge is 0.387 e. The Kier molecular flexibility index (Phi) is 5.75. The van der Waals surface area contributed by atoms with Gasteiger partial charge in [0.15, 0.2) is 0 Å². The molecule has 0 heterocycles. The van der Waals surface area contributed by atoms with Crippen molar-refractivity contribution in [2.75, 3.05) is 13.1 Å². The average Bonchev–Trinajstić information content (AvgIpc) is 2.60. The van der Waals surface area contributed by atoms with Crippen molar-refractivity contribution < 1.29 is 9.90 Å². The van der Waals surface area contributed by atoms with Crippen LogP contribution in [-0.4, -0.2) is 29.0 Å². The van der Waals surface area contributed by atoms with Crippen molar-refractivity contribution in [2.24, 2.45) is 5.73 Å². The van der Waals surface area contributed by atoms with Gasteiger partial charge < -0.3 is 15.7 Å². The number of benzene rings is 2. The molecule has 1 amide bonds. The molecule has 0 aliphatic rings. The second-order valence-corrected chi connectivity index (χ2v) is 6.34. The summed E-state index contributed by atoms with van der Waals surface area (Å²) in [6, 6.07) is 17.0. The number of rotatable bonds is 6. The molecular formula is C20H26N2O2. The minimum Gasteiger partial charge on any atom is -0.387 e. The molecule has 2 unspecified atom stereocenters. The number of carbonyl (C=O) groups is 1. The van der Waals surface area contributed by atoms with Crippen molar-refractivity contribution in [1.82, 2.24) is 4.90 Å². The fourth-order valence-corrected chi connectivity index (χ4v) is 2.69. The molecule has 0 aliphatic heterocycles. The zero-order chi connectivity index (χ0) is 17.7. The van der Waals surface area contributed by atoms with Gasteiger partial charge in [-0.25, -0.2) is 0 Å². The number of nitrogens with zero attached hydrogens (tertiary/aromatic N) is 1. The number of aliphatic hydroxyl groups is 1. The number of aliphatic hydroxyl groups excluding tert-OH is 1. The summed E-state index contributed by atoms with van der Waals surface area (Å²) in [5.74, 6) is -0.192. The summed E-state index contributed by atoms with van der Waals surface area (Å²) in [4.78, 5) is 14.5. The number of aryl methyl sites for hydroxylation is 1. The normalized spacial score (nSPS) is 14.7. The molecule has 2 atom stereocenters. The fraction of sp³-hybridized carbons (Fsp3) is 0.350. The van der Waals surface area contributed by atoms with Gasteiger partial charge in [0.05, 0.1) is 12.6 Å². The fourth-order valence-electron chi connectivity index (χ4n) is 2.69. The van der Waals surface area contributed by atoms with E-state index < -0.39 is 11.6 Å². The number of nitrogens with two attached hydrogens (primary N) is 1. The summed E-state index contributed by atoms with van der Waals surface area (Å²) in [7, 11) is 0. The van der Waals surface area contributed by atoms with E-state index in [2.05, 4.69) is 0 Å². The maximum Gasteiger partial charge on any atom is 0.247 e. The Labute approximate surface area is 143 Å². The van der Waals surface area contributed by atoms with Crippen LogP contribution < -0.4 is 5.73 Å². The molecule has 0 aromatic heterocycles. The Morgan fingerprint density at radius 3 is 2.29 bits per heavy atom. The van der Waals surface area contributed by atoms with Gasteiger partial charge in [-0.3, -0.25) is 4.79 Å². The number of likely N-dealkylation sites (N-methyl/N-ethyl adjacent to an activating group) is 1. The molecule has 4 heteroatoms. The van der Waals surface area contributed by atoms with Crippen molar-refractivity contribution in [3.05, 3.63) is 71.3 Å². The second kappa shape index (κ2) is 7.60. The summed E-state index contributed by atoms with van der Waals surface area (Å²) < 4.78 is 0. The van der Waals surface area contributed by atoms with E-state index in [1.807, 2.05) is 68.4 Å². The maximum atomic E-state index is 12.9. The first kappa shape index (κ1) is 18.2. The Balaban J connectivity index is 2.15. The van der Waals surface area contributed by atoms with Gasteiger partial charge in [-0.15, -0.1) is 0 Å². The second-order valence-electron chi connectivity index (χ2n) is 6.34. The van der Waals surface area contributed by atoms with Gasteiger partial charge in [-0.05, 0) is 31.9 Å². The average molecular weight is 326 g/mol. The molecule has 0 spiro atoms. The van der Waals surface area contributed by atoms with Gasteiger partial charge in [-0.2, -0.15) is 0 Å². The van der Waals surface area contributed by atoms with Crippen LogP contribution in [0.3, 0.4) is 0 Å². The Morgan fingerprint density at radius 2 is 1.75 bits per heavy atom. The van der Waals surface area contributed by atoms with E-state index in [1.54, 1.807) is 11.8 Å². The van der Waals surface area contributed by atoms with E-state index in [1.165, 1.54) is 0 Å². The molecule has 2 rings (SSSR count). The lowest BCUT2D eigenvalue weighted by Crippen LogP contribution is -2.51. The molecule has 0 bridgehead atoms. The molecule has 2 aromatic rings. The van der Waals surface area contributed by atoms with Crippen LogP contribution in [0, 0.1) is 6.92 Å². The van der Waals surface area contributed by atoms with Crippen LogP contribution in [0.25, 0.3) is 0 Å². The molecule has 128 valence electrons. The number of amides is 1. The first-order valence-electron chi connectivity index (χ1n) is 8.24. The quantitative estimate of drug-likeness (QED) is 0.858. The lowest BCUT2D eigenvalue weighted by atomic mass is 9.91. The van der Waals surface area contributed by atoms with E-state index >= 15 is 0 Å². The zero-order valence-electron chi connectivity index (χ0n) is 14.6. The third kappa shape index (κ3) is 4.02. The summed E-state index contributed by atoms with van der Waals surface area (Å²) in [6.45, 7) is 6.31. The number of hydrogen-bond donors (Lipinski definition) is 2. The van der Waals surface area contributed by atoms with Crippen molar-refractivity contribution >= 4 is 5.91 Å². The molecular weight excluding hydrogens is 300 g/mol. The van der Waals surface area contributed by atoms with Crippen LogP contribution >= 0.6 is 0 Å². The number of hydrogen-bond acceptors (Lipinski definition) is 3. The third-order valence-corrected chi connectivity index (χ3v) is 4.34. The van der Waals surface area contributed by atoms with E-state index in [4.69, 9.17) is 5.73 Å². The lowest BCUT2D eigenvalue weighted by Gasteiger charge is -2.32. The first-order valence-corrected chi connectivity index (χ1v) is 8.24. The smallest absolute Gasteiger partial charge is 0.247 e. The molecule has 0 aliphatic carbocycles. The monoisotopic (exact) mass is 326 g/mol. The Hall–Kier alpha value is -2.17. The van der Waals surface area contributed by atoms with Crippen molar-refractivity contribution in [2.45, 2.75) is 32.4 Å². The van der Waals surface area contributed by atoms with Crippen molar-refractivity contribution in [3.63, 3.8) is 0 Å². The van der Waals surface area contributed by atoms with E-state index in [-0.39, 0.29) is 12.5 Å². The van der Waals surface area contributed by atoms with Crippen LogP contribution in [0.15, 0.2) is 54.6 Å². The maximum absolute atomic E-state index is 12.9. The van der Waals surface area contributed by atoms with Gasteiger partial charge >= 0.3 is 0 Å². The van der Waals surface area contributed by atoms with E-state index in [0.717, 1.165) is 16.7 Å². The molecule has 0 saturated heterocycles. The number of carbonyl (C=O) groups excluding carboxylic acids is 1. The van der Waals surface area contributed by atoms with E-state index in [9.17, 15) is 9.90 Å². The Morgan fingerprint density at radius 1 is 1.17 bits per heavy atom. The van der Waals surface area contributed by atoms with Crippen molar-refractivity contribution in [1.29, 1.82) is 0 Å². The Bertz CT molecular complexity index is 666. The standard InChI is InChI=1S/C20H26N2O2/c1-4-22(14-18(23)16-12-10-15(2)11-13-16)19(24)20(3,21)17-8-6-5-7-9-17/h5-13,18,23H,4,14,21H2,1-3H3. The van der Waals surface area contributed by atoms with Crippen LogP contribution in [0.2, 0.25) is 0 Å². The first-order chi connectivity index (χ1) is 11.4. The molecule has 2 aromatic carbocycles. The summed E-state index contributed by atoms with van der Waals surface area (Å²) in [5, 5.41) is 10.5. The zero-order valence-corrected chi connectivity index (χ0v) is 14.6. The van der Waals surface area contributed by atoms with Crippen molar-refractivity contribution in [3.8, 4) is 0 Å². The lowest BCUT2D eigenvalue weighted by molar-refractivity contribution is -0.138. The molecule has 4 nitrogen and oxygen atoms in total. The minimum absolute atomic E-state index is 0.192. The van der Waals surface area contributed by atoms with Gasteiger partial charge in [0, 0.05) is 6.54 Å². The van der Waals surface area contributed by atoms with E-state index in [0.29, 0.717) is 6.54 Å². The van der Waals surface area contributed by atoms with Crippen LogP contribution in [0.1, 0.15) is 36.6 Å². The highest BCUT2D eigenvalue weighted by Crippen LogP contribution is 2.22. The highest BCUT2D eigenvalue weighted by Gasteiger charge is 2.34. The van der Waals surface area contributed by atoms with Crippen LogP contribution in [0.4, 0.5) is 0 Å². The third-order valence-electron chi connectivity index (χ3n) is 4.34. The predicted octanol–water partition coefficient (Wildman–Crippen LogP) is 2.75. The van der Waals surface area contributed by atoms with Crippen LogP contribution in [-0.2, 0) is 10.3 Å². The minimum atomic E-state index is -1.12. The van der Waals surface area contributed by atoms with Gasteiger partial charge in [-0.1, -0.05) is 60.2 Å². The van der Waals surface area contributed by atoms with Gasteiger partial charge in [0.1, 0.15) is 5.54 Å². The highest BCUT2D eigenvalue weighted by molar-refractivity contribution is 5.87. The molecule has 3 N–H and O–H groups in total. The summed E-state index contributed by atoms with van der Waals surface area (Å²) >= 11 is 0. The molecule has 0 saturated carbocycles. The topological polar surface area (TPSA) is 66.6 Å². The highest BCUT2D eigenvalue weighted by atomic mass is 16.3. The SMILES string of the molecule is CCN(CC(O)c1ccc(C)cc1)C(=O)C(C)(N)c1ccccc1. The molecule has 24 heavy (non-hydrogen) atoms.